The molecular weight excluding hydrogens is 234 g/mol. The van der Waals surface area contributed by atoms with Crippen LogP contribution in [-0.2, 0) is 16.8 Å². The zero-order valence-electron chi connectivity index (χ0n) is 10.1. The first-order valence-electron chi connectivity index (χ1n) is 6.36. The van der Waals surface area contributed by atoms with Crippen LogP contribution in [0.15, 0.2) is 18.2 Å². The molecule has 0 aromatic heterocycles. The van der Waals surface area contributed by atoms with Gasteiger partial charge in [-0.05, 0) is 42.6 Å². The maximum absolute atomic E-state index is 6.20. The van der Waals surface area contributed by atoms with E-state index in [0.717, 1.165) is 37.6 Å². The minimum absolute atomic E-state index is 0.107. The molecule has 2 nitrogen and oxygen atoms in total. The molecule has 0 bridgehead atoms. The Kier molecular flexibility index (Phi) is 2.89. The molecule has 0 amide bonds. The van der Waals surface area contributed by atoms with E-state index < -0.39 is 0 Å². The highest BCUT2D eigenvalue weighted by Crippen LogP contribution is 2.43. The lowest BCUT2D eigenvalue weighted by molar-refractivity contribution is -0.113. The summed E-state index contributed by atoms with van der Waals surface area (Å²) in [5.74, 6) is 0.494. The Hall–Kier alpha value is -0.570. The monoisotopic (exact) mass is 251 g/mol. The van der Waals surface area contributed by atoms with Crippen molar-refractivity contribution in [2.75, 3.05) is 19.7 Å². The quantitative estimate of drug-likeness (QED) is 0.766. The average Bonchev–Trinajstić information content (AvgIpc) is 2.34. The lowest BCUT2D eigenvalue weighted by atomic mass is 9.74. The molecule has 0 aliphatic carbocycles. The summed E-state index contributed by atoms with van der Waals surface area (Å²) in [6.45, 7) is 5.14. The molecule has 2 aliphatic rings. The summed E-state index contributed by atoms with van der Waals surface area (Å²) >= 11 is 6.16. The molecule has 1 aromatic rings. The van der Waals surface area contributed by atoms with Gasteiger partial charge in [-0.3, -0.25) is 0 Å². The van der Waals surface area contributed by atoms with Gasteiger partial charge in [0.15, 0.2) is 0 Å². The molecule has 2 unspecified atom stereocenters. The van der Waals surface area contributed by atoms with Crippen LogP contribution in [0.1, 0.15) is 24.5 Å². The third kappa shape index (κ3) is 1.79. The summed E-state index contributed by atoms with van der Waals surface area (Å²) in [5.41, 5.74) is 2.63. The van der Waals surface area contributed by atoms with Gasteiger partial charge in [0.05, 0.1) is 12.2 Å². The SMILES string of the molecule is CC1CNCCC12OCCc1ccc(Cl)cc12. The summed E-state index contributed by atoms with van der Waals surface area (Å²) in [4.78, 5) is 0. The van der Waals surface area contributed by atoms with Crippen molar-refractivity contribution in [3.8, 4) is 0 Å². The minimum atomic E-state index is -0.107. The van der Waals surface area contributed by atoms with Crippen molar-refractivity contribution in [3.05, 3.63) is 34.3 Å². The predicted octanol–water partition coefficient (Wildman–Crippen LogP) is 2.74. The van der Waals surface area contributed by atoms with E-state index in [9.17, 15) is 0 Å². The van der Waals surface area contributed by atoms with Crippen LogP contribution in [0.25, 0.3) is 0 Å². The standard InChI is InChI=1S/C14H18ClNO/c1-10-9-16-6-5-14(10)13-8-12(15)3-2-11(13)4-7-17-14/h2-3,8,10,16H,4-7,9H2,1H3. The zero-order valence-corrected chi connectivity index (χ0v) is 10.9. The first-order valence-corrected chi connectivity index (χ1v) is 6.74. The van der Waals surface area contributed by atoms with E-state index in [1.54, 1.807) is 0 Å². The Morgan fingerprint density at radius 3 is 3.18 bits per heavy atom. The van der Waals surface area contributed by atoms with Crippen LogP contribution >= 0.6 is 11.6 Å². The van der Waals surface area contributed by atoms with Crippen LogP contribution in [0.3, 0.4) is 0 Å². The fourth-order valence-electron chi connectivity index (χ4n) is 3.20. The van der Waals surface area contributed by atoms with Gasteiger partial charge in [-0.1, -0.05) is 24.6 Å². The molecule has 1 spiro atoms. The normalized spacial score (nSPS) is 32.5. The number of rotatable bonds is 0. The van der Waals surface area contributed by atoms with Crippen LogP contribution in [-0.4, -0.2) is 19.7 Å². The second-order valence-electron chi connectivity index (χ2n) is 5.14. The van der Waals surface area contributed by atoms with Crippen molar-refractivity contribution in [2.24, 2.45) is 5.92 Å². The van der Waals surface area contributed by atoms with Crippen molar-refractivity contribution in [1.29, 1.82) is 0 Å². The molecule has 1 fully saturated rings. The second-order valence-corrected chi connectivity index (χ2v) is 5.58. The van der Waals surface area contributed by atoms with Gasteiger partial charge in [0.25, 0.3) is 0 Å². The van der Waals surface area contributed by atoms with Crippen molar-refractivity contribution in [3.63, 3.8) is 0 Å². The van der Waals surface area contributed by atoms with E-state index in [4.69, 9.17) is 16.3 Å². The lowest BCUT2D eigenvalue weighted by Crippen LogP contribution is -2.50. The summed E-state index contributed by atoms with van der Waals surface area (Å²) < 4.78 is 6.20. The molecule has 0 saturated carbocycles. The number of hydrogen-bond acceptors (Lipinski definition) is 2. The van der Waals surface area contributed by atoms with Gasteiger partial charge in [-0.25, -0.2) is 0 Å². The smallest absolute Gasteiger partial charge is 0.0984 e. The maximum atomic E-state index is 6.20. The van der Waals surface area contributed by atoms with Gasteiger partial charge < -0.3 is 10.1 Å². The predicted molar refractivity (Wildman–Crippen MR) is 69.4 cm³/mol. The Balaban J connectivity index is 2.11. The molecule has 2 atom stereocenters. The Labute approximate surface area is 107 Å². The Morgan fingerprint density at radius 2 is 2.35 bits per heavy atom. The van der Waals surface area contributed by atoms with Gasteiger partial charge in [0.1, 0.15) is 0 Å². The molecule has 1 aromatic carbocycles. The third-order valence-corrected chi connectivity index (χ3v) is 4.41. The highest BCUT2D eigenvalue weighted by molar-refractivity contribution is 6.30. The second kappa shape index (κ2) is 4.27. The molecule has 17 heavy (non-hydrogen) atoms. The third-order valence-electron chi connectivity index (χ3n) is 4.18. The number of piperidine rings is 1. The number of halogens is 1. The van der Waals surface area contributed by atoms with Crippen molar-refractivity contribution < 1.29 is 4.74 Å². The van der Waals surface area contributed by atoms with Gasteiger partial charge in [0, 0.05) is 17.5 Å². The topological polar surface area (TPSA) is 21.3 Å². The van der Waals surface area contributed by atoms with Gasteiger partial charge in [0.2, 0.25) is 0 Å². The summed E-state index contributed by atoms with van der Waals surface area (Å²) in [7, 11) is 0. The summed E-state index contributed by atoms with van der Waals surface area (Å²) in [6.07, 6.45) is 2.05. The van der Waals surface area contributed by atoms with Crippen LogP contribution < -0.4 is 5.32 Å². The Bertz CT molecular complexity index is 434. The molecule has 92 valence electrons. The largest absolute Gasteiger partial charge is 0.370 e. The average molecular weight is 252 g/mol. The minimum Gasteiger partial charge on any atom is -0.370 e. The van der Waals surface area contributed by atoms with E-state index in [1.165, 1.54) is 11.1 Å². The van der Waals surface area contributed by atoms with E-state index in [2.05, 4.69) is 24.4 Å². The van der Waals surface area contributed by atoms with Crippen LogP contribution in [0.5, 0.6) is 0 Å². The van der Waals surface area contributed by atoms with Crippen molar-refractivity contribution in [1.82, 2.24) is 5.32 Å². The molecule has 2 aliphatic heterocycles. The van der Waals surface area contributed by atoms with E-state index in [-0.39, 0.29) is 5.60 Å². The first-order chi connectivity index (χ1) is 8.22. The van der Waals surface area contributed by atoms with Gasteiger partial charge in [-0.2, -0.15) is 0 Å². The maximum Gasteiger partial charge on any atom is 0.0984 e. The molecule has 1 N–H and O–H groups in total. The molecule has 1 saturated heterocycles. The zero-order chi connectivity index (χ0) is 11.9. The molecule has 2 heterocycles. The van der Waals surface area contributed by atoms with E-state index >= 15 is 0 Å². The Morgan fingerprint density at radius 1 is 1.47 bits per heavy atom. The van der Waals surface area contributed by atoms with Crippen LogP contribution in [0, 0.1) is 5.92 Å². The molecule has 3 heteroatoms. The number of ether oxygens (including phenoxy) is 1. The van der Waals surface area contributed by atoms with Crippen molar-refractivity contribution >= 4 is 11.6 Å². The molecule has 3 rings (SSSR count). The summed E-state index contributed by atoms with van der Waals surface area (Å²) in [6, 6.07) is 6.26. The van der Waals surface area contributed by atoms with E-state index in [1.807, 2.05) is 6.07 Å². The first kappa shape index (κ1) is 11.5. The van der Waals surface area contributed by atoms with Gasteiger partial charge >= 0.3 is 0 Å². The molecular formula is C14H18ClNO. The van der Waals surface area contributed by atoms with Crippen molar-refractivity contribution in [2.45, 2.75) is 25.4 Å². The number of fused-ring (bicyclic) bond motifs is 2. The van der Waals surface area contributed by atoms with E-state index in [0.29, 0.717) is 5.92 Å². The lowest BCUT2D eigenvalue weighted by Gasteiger charge is -2.46. The molecule has 0 radical (unpaired) electrons. The fraction of sp³-hybridized carbons (Fsp3) is 0.571. The fourth-order valence-corrected chi connectivity index (χ4v) is 3.37. The highest BCUT2D eigenvalue weighted by Gasteiger charge is 2.44. The van der Waals surface area contributed by atoms with Crippen LogP contribution in [0.2, 0.25) is 5.02 Å². The van der Waals surface area contributed by atoms with Gasteiger partial charge in [-0.15, -0.1) is 0 Å². The number of benzene rings is 1. The highest BCUT2D eigenvalue weighted by atomic mass is 35.5. The summed E-state index contributed by atoms with van der Waals surface area (Å²) in [5, 5.41) is 4.26. The number of hydrogen-bond donors (Lipinski definition) is 1. The number of nitrogens with one attached hydrogen (secondary N) is 1. The van der Waals surface area contributed by atoms with Crippen LogP contribution in [0.4, 0.5) is 0 Å².